The van der Waals surface area contributed by atoms with Gasteiger partial charge >= 0.3 is 0 Å². The molecule has 5 atom stereocenters. The molecule has 1 unspecified atom stereocenters. The SMILES string of the molecule is C[C@H]1[C@H]2Cc3ccc(O)cc3[C@]1(C)CCC2C[C@H]1CCCO1. The van der Waals surface area contributed by atoms with Gasteiger partial charge in [-0.05, 0) is 85.0 Å². The van der Waals surface area contributed by atoms with Crippen molar-refractivity contribution >= 4 is 0 Å². The molecule has 0 radical (unpaired) electrons. The van der Waals surface area contributed by atoms with Crippen LogP contribution in [-0.2, 0) is 16.6 Å². The van der Waals surface area contributed by atoms with Gasteiger partial charge < -0.3 is 9.84 Å². The number of hydrogen-bond acceptors (Lipinski definition) is 2. The number of hydrogen-bond donors (Lipinski definition) is 1. The maximum absolute atomic E-state index is 9.91. The van der Waals surface area contributed by atoms with Gasteiger partial charge in [0, 0.05) is 6.61 Å². The highest BCUT2D eigenvalue weighted by molar-refractivity contribution is 5.43. The first-order chi connectivity index (χ1) is 10.6. The van der Waals surface area contributed by atoms with E-state index in [0.29, 0.717) is 17.8 Å². The van der Waals surface area contributed by atoms with Crippen LogP contribution in [0, 0.1) is 17.8 Å². The van der Waals surface area contributed by atoms with Crippen molar-refractivity contribution in [3.05, 3.63) is 29.3 Å². The van der Waals surface area contributed by atoms with E-state index in [9.17, 15) is 5.11 Å². The van der Waals surface area contributed by atoms with Gasteiger partial charge in [-0.25, -0.2) is 0 Å². The van der Waals surface area contributed by atoms with Gasteiger partial charge in [-0.2, -0.15) is 0 Å². The molecule has 1 aliphatic heterocycles. The fraction of sp³-hybridized carbons (Fsp3) is 0.700. The highest BCUT2D eigenvalue weighted by atomic mass is 16.5. The van der Waals surface area contributed by atoms with Crippen molar-refractivity contribution in [3.8, 4) is 5.75 Å². The molecule has 120 valence electrons. The molecular formula is C20H28O2. The average molecular weight is 300 g/mol. The van der Waals surface area contributed by atoms with Crippen LogP contribution in [0.5, 0.6) is 5.75 Å². The molecule has 0 amide bonds. The van der Waals surface area contributed by atoms with Crippen LogP contribution in [-0.4, -0.2) is 17.8 Å². The van der Waals surface area contributed by atoms with Gasteiger partial charge in [0.1, 0.15) is 5.75 Å². The van der Waals surface area contributed by atoms with E-state index in [1.165, 1.54) is 49.7 Å². The van der Waals surface area contributed by atoms with Gasteiger partial charge in [0.05, 0.1) is 6.10 Å². The lowest BCUT2D eigenvalue weighted by Crippen LogP contribution is -2.48. The summed E-state index contributed by atoms with van der Waals surface area (Å²) in [6.45, 7) is 5.83. The first-order valence-corrected chi connectivity index (χ1v) is 9.02. The van der Waals surface area contributed by atoms with Crippen LogP contribution in [0.4, 0.5) is 0 Å². The first kappa shape index (κ1) is 14.6. The van der Waals surface area contributed by atoms with Crippen LogP contribution < -0.4 is 0 Å². The van der Waals surface area contributed by atoms with E-state index in [1.807, 2.05) is 12.1 Å². The molecule has 1 heterocycles. The lowest BCUT2D eigenvalue weighted by atomic mass is 9.51. The Labute approximate surface area is 133 Å². The Balaban J connectivity index is 1.63. The topological polar surface area (TPSA) is 29.5 Å². The monoisotopic (exact) mass is 300 g/mol. The minimum Gasteiger partial charge on any atom is -0.508 e. The van der Waals surface area contributed by atoms with Crippen LogP contribution in [0.2, 0.25) is 0 Å². The summed E-state index contributed by atoms with van der Waals surface area (Å²) >= 11 is 0. The third-order valence-corrected chi connectivity index (χ3v) is 7.04. The minimum atomic E-state index is 0.240. The molecule has 2 fully saturated rings. The number of phenolic OH excluding ortho intramolecular Hbond substituents is 1. The number of rotatable bonds is 2. The van der Waals surface area contributed by atoms with Gasteiger partial charge in [-0.15, -0.1) is 0 Å². The van der Waals surface area contributed by atoms with Gasteiger partial charge in [-0.1, -0.05) is 19.9 Å². The molecule has 2 nitrogen and oxygen atoms in total. The smallest absolute Gasteiger partial charge is 0.115 e. The molecule has 2 aliphatic carbocycles. The second-order valence-electron chi connectivity index (χ2n) is 8.09. The Morgan fingerprint density at radius 2 is 2.18 bits per heavy atom. The molecule has 1 saturated carbocycles. The van der Waals surface area contributed by atoms with E-state index in [-0.39, 0.29) is 5.41 Å². The Bertz CT molecular complexity index is 561. The lowest BCUT2D eigenvalue weighted by Gasteiger charge is -2.53. The molecule has 1 aromatic carbocycles. The maximum Gasteiger partial charge on any atom is 0.115 e. The van der Waals surface area contributed by atoms with Crippen molar-refractivity contribution in [2.24, 2.45) is 17.8 Å². The molecule has 2 bridgehead atoms. The van der Waals surface area contributed by atoms with Gasteiger partial charge in [-0.3, -0.25) is 0 Å². The van der Waals surface area contributed by atoms with Crippen molar-refractivity contribution in [1.82, 2.24) is 0 Å². The molecule has 1 N–H and O–H groups in total. The molecular weight excluding hydrogens is 272 g/mol. The minimum absolute atomic E-state index is 0.240. The van der Waals surface area contributed by atoms with E-state index < -0.39 is 0 Å². The highest BCUT2D eigenvalue weighted by Gasteiger charge is 2.49. The number of benzene rings is 1. The zero-order valence-electron chi connectivity index (χ0n) is 13.8. The van der Waals surface area contributed by atoms with Gasteiger partial charge in [0.15, 0.2) is 0 Å². The number of aromatic hydroxyl groups is 1. The zero-order valence-corrected chi connectivity index (χ0v) is 13.8. The molecule has 0 aromatic heterocycles. The Morgan fingerprint density at radius 1 is 1.32 bits per heavy atom. The number of ether oxygens (including phenoxy) is 1. The summed E-state index contributed by atoms with van der Waals surface area (Å²) in [7, 11) is 0. The average Bonchev–Trinajstić information content (AvgIpc) is 3.00. The van der Waals surface area contributed by atoms with Crippen molar-refractivity contribution in [2.75, 3.05) is 6.61 Å². The van der Waals surface area contributed by atoms with E-state index >= 15 is 0 Å². The fourth-order valence-electron chi connectivity index (χ4n) is 5.52. The van der Waals surface area contributed by atoms with Crippen LogP contribution in [0.25, 0.3) is 0 Å². The third kappa shape index (κ3) is 2.19. The molecule has 4 rings (SSSR count). The molecule has 0 spiro atoms. The van der Waals surface area contributed by atoms with Crippen LogP contribution in [0.1, 0.15) is 57.1 Å². The second kappa shape index (κ2) is 5.26. The lowest BCUT2D eigenvalue weighted by molar-refractivity contribution is 0.0214. The fourth-order valence-corrected chi connectivity index (χ4v) is 5.52. The van der Waals surface area contributed by atoms with Gasteiger partial charge in [0.25, 0.3) is 0 Å². The maximum atomic E-state index is 9.91. The molecule has 1 saturated heterocycles. The van der Waals surface area contributed by atoms with E-state index in [1.54, 1.807) is 0 Å². The van der Waals surface area contributed by atoms with Crippen molar-refractivity contribution in [3.63, 3.8) is 0 Å². The van der Waals surface area contributed by atoms with Crippen molar-refractivity contribution in [1.29, 1.82) is 0 Å². The number of phenols is 1. The molecule has 1 aromatic rings. The predicted molar refractivity (Wildman–Crippen MR) is 88.1 cm³/mol. The largest absolute Gasteiger partial charge is 0.508 e. The summed E-state index contributed by atoms with van der Waals surface area (Å²) in [5.41, 5.74) is 3.12. The summed E-state index contributed by atoms with van der Waals surface area (Å²) < 4.78 is 5.91. The molecule has 3 aliphatic rings. The zero-order chi connectivity index (χ0) is 15.3. The summed E-state index contributed by atoms with van der Waals surface area (Å²) in [6, 6.07) is 6.06. The molecule has 22 heavy (non-hydrogen) atoms. The molecule has 2 heteroatoms. The predicted octanol–water partition coefficient (Wildman–Crippen LogP) is 4.44. The second-order valence-corrected chi connectivity index (χ2v) is 8.09. The van der Waals surface area contributed by atoms with Crippen molar-refractivity contribution < 1.29 is 9.84 Å². The summed E-state index contributed by atoms with van der Waals surface area (Å²) in [5, 5.41) is 9.91. The Kier molecular flexibility index (Phi) is 3.48. The van der Waals surface area contributed by atoms with E-state index in [0.717, 1.165) is 18.4 Å². The van der Waals surface area contributed by atoms with E-state index in [4.69, 9.17) is 4.74 Å². The van der Waals surface area contributed by atoms with Gasteiger partial charge in [0.2, 0.25) is 0 Å². The number of fused-ring (bicyclic) bond motifs is 4. The quantitative estimate of drug-likeness (QED) is 0.875. The summed E-state index contributed by atoms with van der Waals surface area (Å²) in [5.74, 6) is 2.71. The van der Waals surface area contributed by atoms with Crippen LogP contribution in [0.15, 0.2) is 18.2 Å². The summed E-state index contributed by atoms with van der Waals surface area (Å²) in [4.78, 5) is 0. The highest BCUT2D eigenvalue weighted by Crippen LogP contribution is 2.55. The van der Waals surface area contributed by atoms with Crippen molar-refractivity contribution in [2.45, 2.75) is 63.9 Å². The third-order valence-electron chi connectivity index (χ3n) is 7.04. The standard InChI is InChI=1S/C20H28O2/c1-13-18-11-15-5-6-16(21)12-19(15)20(13,2)8-7-14(18)10-17-4-3-9-22-17/h5-6,12-14,17-18,21H,3-4,7-11H2,1-2H3/t13-,14?,17+,18+,20+/m0/s1. The van der Waals surface area contributed by atoms with Crippen LogP contribution in [0.3, 0.4) is 0 Å². The van der Waals surface area contributed by atoms with E-state index in [2.05, 4.69) is 19.9 Å². The Hall–Kier alpha value is -1.02. The first-order valence-electron chi connectivity index (χ1n) is 9.02. The van der Waals surface area contributed by atoms with Crippen LogP contribution >= 0.6 is 0 Å². The normalized spacial score (nSPS) is 40.5. The Morgan fingerprint density at radius 3 is 2.95 bits per heavy atom. The summed E-state index contributed by atoms with van der Waals surface area (Å²) in [6.07, 6.45) is 8.04.